The minimum Gasteiger partial charge on any atom is -0.467 e. The minimum atomic E-state index is -3.54. The molecule has 1 aromatic carbocycles. The van der Waals surface area contributed by atoms with E-state index in [1.54, 1.807) is 17.5 Å². The molecule has 0 aliphatic carbocycles. The molecular weight excluding hydrogens is 448 g/mol. The van der Waals surface area contributed by atoms with E-state index in [2.05, 4.69) is 0 Å². The monoisotopic (exact) mass is 468 g/mol. The molecule has 0 atom stereocenters. The first-order valence-corrected chi connectivity index (χ1v) is 11.9. The fraction of sp³-hybridized carbons (Fsp3) is 0.421. The van der Waals surface area contributed by atoms with Crippen LogP contribution in [-0.2, 0) is 37.5 Å². The lowest BCUT2D eigenvalue weighted by Gasteiger charge is -2.29. The number of nitrogens with zero attached hydrogens (tertiary/aromatic N) is 2. The van der Waals surface area contributed by atoms with Gasteiger partial charge >= 0.3 is 5.97 Å². The Bertz CT molecular complexity index is 1080. The molecule has 1 saturated heterocycles. The van der Waals surface area contributed by atoms with Crippen LogP contribution in [0.4, 0.5) is 5.69 Å². The van der Waals surface area contributed by atoms with Gasteiger partial charge < -0.3 is 14.2 Å². The van der Waals surface area contributed by atoms with E-state index in [1.807, 2.05) is 0 Å². The standard InChI is InChI=1S/C19H20N2O8S2/c22-19(13-3-5-20(6-4-13)31(25,26)17-2-1-7-30-17)28-11-15-9-16(21(23)24)8-14-10-27-12-29-18(14)15/h1-2,7-9,13H,3-6,10-12H2. The summed E-state index contributed by atoms with van der Waals surface area (Å²) in [6, 6.07) is 5.95. The van der Waals surface area contributed by atoms with Gasteiger partial charge in [-0.05, 0) is 24.3 Å². The average Bonchev–Trinajstić information content (AvgIpc) is 3.33. The normalized spacial score (nSPS) is 17.5. The topological polar surface area (TPSA) is 125 Å². The van der Waals surface area contributed by atoms with E-state index in [-0.39, 0.29) is 43.0 Å². The van der Waals surface area contributed by atoms with Crippen molar-refractivity contribution in [1.29, 1.82) is 0 Å². The molecule has 2 aromatic rings. The highest BCUT2D eigenvalue weighted by Gasteiger charge is 2.33. The number of rotatable bonds is 6. The number of esters is 1. The second kappa shape index (κ2) is 8.91. The number of hydrogen-bond donors (Lipinski definition) is 0. The predicted molar refractivity (Wildman–Crippen MR) is 109 cm³/mol. The zero-order valence-electron chi connectivity index (χ0n) is 16.4. The molecule has 1 fully saturated rings. The summed E-state index contributed by atoms with van der Waals surface area (Å²) in [6.07, 6.45) is 0.696. The quantitative estimate of drug-likeness (QED) is 0.360. The number of non-ortho nitro benzene ring substituents is 1. The summed E-state index contributed by atoms with van der Waals surface area (Å²) in [5, 5.41) is 12.9. The third-order valence-corrected chi connectivity index (χ3v) is 8.50. The molecule has 0 saturated carbocycles. The predicted octanol–water partition coefficient (Wildman–Crippen LogP) is 2.67. The van der Waals surface area contributed by atoms with E-state index >= 15 is 0 Å². The Morgan fingerprint density at radius 2 is 2.10 bits per heavy atom. The smallest absolute Gasteiger partial charge is 0.309 e. The van der Waals surface area contributed by atoms with Gasteiger partial charge in [0.2, 0.25) is 0 Å². The Morgan fingerprint density at radius 1 is 1.32 bits per heavy atom. The van der Waals surface area contributed by atoms with E-state index in [4.69, 9.17) is 14.2 Å². The van der Waals surface area contributed by atoms with E-state index in [0.29, 0.717) is 29.7 Å². The highest BCUT2D eigenvalue weighted by atomic mass is 32.2. The van der Waals surface area contributed by atoms with Crippen LogP contribution in [0.5, 0.6) is 5.75 Å². The van der Waals surface area contributed by atoms with Crippen LogP contribution in [0.2, 0.25) is 0 Å². The highest BCUT2D eigenvalue weighted by Crippen LogP contribution is 2.33. The van der Waals surface area contributed by atoms with E-state index in [9.17, 15) is 23.3 Å². The van der Waals surface area contributed by atoms with Gasteiger partial charge in [-0.2, -0.15) is 4.31 Å². The number of hydrogen-bond acceptors (Lipinski definition) is 9. The number of nitro benzene ring substituents is 1. The van der Waals surface area contributed by atoms with Crippen molar-refractivity contribution in [2.45, 2.75) is 30.3 Å². The summed E-state index contributed by atoms with van der Waals surface area (Å²) in [7, 11) is -3.54. The van der Waals surface area contributed by atoms with Gasteiger partial charge in [0, 0.05) is 36.3 Å². The van der Waals surface area contributed by atoms with Crippen LogP contribution in [0.3, 0.4) is 0 Å². The Hall–Kier alpha value is -2.54. The Labute approximate surface area is 182 Å². The van der Waals surface area contributed by atoms with Gasteiger partial charge in [-0.25, -0.2) is 8.42 Å². The second-order valence-corrected chi connectivity index (χ2v) is 10.3. The van der Waals surface area contributed by atoms with Crippen molar-refractivity contribution in [3.05, 3.63) is 50.9 Å². The van der Waals surface area contributed by atoms with Crippen molar-refractivity contribution in [1.82, 2.24) is 4.31 Å². The summed E-state index contributed by atoms with van der Waals surface area (Å²) in [5.41, 5.74) is 0.795. The molecule has 0 unspecified atom stereocenters. The van der Waals surface area contributed by atoms with Crippen molar-refractivity contribution in [3.63, 3.8) is 0 Å². The maximum Gasteiger partial charge on any atom is 0.309 e. The molecule has 4 rings (SSSR count). The van der Waals surface area contributed by atoms with Crippen LogP contribution in [0, 0.1) is 16.0 Å². The van der Waals surface area contributed by atoms with Crippen molar-refractivity contribution in [2.24, 2.45) is 5.92 Å². The number of sulfonamides is 1. The van der Waals surface area contributed by atoms with Crippen LogP contribution in [0.25, 0.3) is 0 Å². The number of carbonyl (C=O) groups excluding carboxylic acids is 1. The molecule has 0 bridgehead atoms. The van der Waals surface area contributed by atoms with Gasteiger partial charge in [0.1, 0.15) is 16.6 Å². The maximum atomic E-state index is 12.6. The molecule has 0 radical (unpaired) electrons. The molecule has 1 aromatic heterocycles. The molecule has 3 heterocycles. The van der Waals surface area contributed by atoms with Crippen LogP contribution in [0.1, 0.15) is 24.0 Å². The van der Waals surface area contributed by atoms with Gasteiger partial charge in [0.25, 0.3) is 15.7 Å². The van der Waals surface area contributed by atoms with Crippen molar-refractivity contribution in [3.8, 4) is 5.75 Å². The molecule has 166 valence electrons. The number of fused-ring (bicyclic) bond motifs is 1. The Morgan fingerprint density at radius 3 is 2.77 bits per heavy atom. The van der Waals surface area contributed by atoms with Gasteiger partial charge in [-0.15, -0.1) is 11.3 Å². The van der Waals surface area contributed by atoms with Crippen LogP contribution < -0.4 is 4.74 Å². The number of benzene rings is 1. The number of ether oxygens (including phenoxy) is 3. The second-order valence-electron chi connectivity index (χ2n) is 7.18. The molecule has 10 nitrogen and oxygen atoms in total. The SMILES string of the molecule is O=C(OCc1cc([N+](=O)[O-])cc2c1OCOC2)C1CCN(S(=O)(=O)c2cccs2)CC1. The van der Waals surface area contributed by atoms with Crippen molar-refractivity contribution in [2.75, 3.05) is 19.9 Å². The van der Waals surface area contributed by atoms with Crippen LogP contribution in [0.15, 0.2) is 33.9 Å². The summed E-state index contributed by atoms with van der Waals surface area (Å²) in [4.78, 5) is 23.2. The Balaban J connectivity index is 1.38. The number of nitro groups is 1. The van der Waals surface area contributed by atoms with Gasteiger partial charge in [-0.3, -0.25) is 14.9 Å². The maximum absolute atomic E-state index is 12.6. The first-order chi connectivity index (χ1) is 14.9. The molecule has 31 heavy (non-hydrogen) atoms. The van der Waals surface area contributed by atoms with Gasteiger partial charge in [-0.1, -0.05) is 6.07 Å². The lowest BCUT2D eigenvalue weighted by Crippen LogP contribution is -2.40. The number of piperidine rings is 1. The summed E-state index contributed by atoms with van der Waals surface area (Å²) >= 11 is 1.16. The minimum absolute atomic E-state index is 0.0168. The average molecular weight is 469 g/mol. The van der Waals surface area contributed by atoms with Gasteiger partial charge in [0.15, 0.2) is 6.79 Å². The zero-order valence-corrected chi connectivity index (χ0v) is 18.0. The summed E-state index contributed by atoms with van der Waals surface area (Å²) < 4.78 is 42.9. The first-order valence-electron chi connectivity index (χ1n) is 9.57. The highest BCUT2D eigenvalue weighted by molar-refractivity contribution is 7.91. The van der Waals surface area contributed by atoms with Crippen LogP contribution >= 0.6 is 11.3 Å². The van der Waals surface area contributed by atoms with Crippen molar-refractivity contribution >= 4 is 33.0 Å². The van der Waals surface area contributed by atoms with Crippen molar-refractivity contribution < 1.29 is 32.3 Å². The molecule has 2 aliphatic heterocycles. The third-order valence-electron chi connectivity index (χ3n) is 5.23. The van der Waals surface area contributed by atoms with E-state index in [1.165, 1.54) is 16.4 Å². The lowest BCUT2D eigenvalue weighted by molar-refractivity contribution is -0.385. The fourth-order valence-electron chi connectivity index (χ4n) is 3.63. The number of thiophene rings is 1. The summed E-state index contributed by atoms with van der Waals surface area (Å²) in [6.45, 7) is 0.480. The molecule has 2 aliphatic rings. The number of carbonyl (C=O) groups is 1. The zero-order chi connectivity index (χ0) is 22.0. The first kappa shape index (κ1) is 21.7. The molecule has 0 amide bonds. The summed E-state index contributed by atoms with van der Waals surface area (Å²) in [5.74, 6) is -0.462. The molecule has 12 heteroatoms. The molecule has 0 N–H and O–H groups in total. The molecule has 0 spiro atoms. The third kappa shape index (κ3) is 4.56. The lowest BCUT2D eigenvalue weighted by atomic mass is 9.98. The van der Waals surface area contributed by atoms with E-state index < -0.39 is 26.8 Å². The van der Waals surface area contributed by atoms with Crippen LogP contribution in [-0.4, -0.2) is 43.5 Å². The van der Waals surface area contributed by atoms with E-state index in [0.717, 1.165) is 11.3 Å². The Kier molecular flexibility index (Phi) is 6.23. The van der Waals surface area contributed by atoms with Gasteiger partial charge in [0.05, 0.1) is 17.4 Å². The molecular formula is C19H20N2O8S2. The fourth-order valence-corrected chi connectivity index (χ4v) is 6.24. The largest absolute Gasteiger partial charge is 0.467 e.